The number of anilines is 1. The minimum atomic E-state index is 0.507. The Morgan fingerprint density at radius 3 is 2.62 bits per heavy atom. The average molecular weight is 326 g/mol. The lowest BCUT2D eigenvalue weighted by Crippen LogP contribution is -1.97. The number of nitrogen functional groups attached to an aromatic ring is 1. The maximum atomic E-state index is 5.62. The van der Waals surface area contributed by atoms with Gasteiger partial charge in [0.25, 0.3) is 0 Å². The molecule has 0 unspecified atom stereocenters. The van der Waals surface area contributed by atoms with Crippen molar-refractivity contribution < 1.29 is 4.74 Å². The highest BCUT2D eigenvalue weighted by molar-refractivity contribution is 14.1. The Morgan fingerprint density at radius 2 is 1.94 bits per heavy atom. The lowest BCUT2D eigenvalue weighted by atomic mass is 10.3. The van der Waals surface area contributed by atoms with E-state index in [1.165, 1.54) is 3.57 Å². The molecule has 1 heterocycles. The number of nitrogens with two attached hydrogens (primary N) is 1. The zero-order chi connectivity index (χ0) is 11.4. The Balaban J connectivity index is 1.99. The predicted octanol–water partition coefficient (Wildman–Crippen LogP) is 2.85. The largest absolute Gasteiger partial charge is 0.489 e. The van der Waals surface area contributed by atoms with E-state index >= 15 is 0 Å². The number of aromatic nitrogens is 1. The molecule has 0 spiro atoms. The molecular weight excluding hydrogens is 315 g/mol. The second-order valence-corrected chi connectivity index (χ2v) is 4.58. The van der Waals surface area contributed by atoms with Crippen molar-refractivity contribution in [2.24, 2.45) is 0 Å². The van der Waals surface area contributed by atoms with E-state index in [1.807, 2.05) is 36.4 Å². The zero-order valence-corrected chi connectivity index (χ0v) is 10.7. The van der Waals surface area contributed by atoms with Crippen LogP contribution in [0.15, 0.2) is 42.6 Å². The molecule has 2 aromatic rings. The van der Waals surface area contributed by atoms with Gasteiger partial charge in [-0.3, -0.25) is 0 Å². The van der Waals surface area contributed by atoms with Gasteiger partial charge in [0.2, 0.25) is 0 Å². The second-order valence-electron chi connectivity index (χ2n) is 3.33. The fraction of sp³-hybridized carbons (Fsp3) is 0.0833. The third kappa shape index (κ3) is 3.10. The summed E-state index contributed by atoms with van der Waals surface area (Å²) in [4.78, 5) is 3.93. The number of halogens is 1. The number of ether oxygens (including phenoxy) is 1. The van der Waals surface area contributed by atoms with Gasteiger partial charge in [-0.05, 0) is 64.6 Å². The number of hydrogen-bond donors (Lipinski definition) is 1. The summed E-state index contributed by atoms with van der Waals surface area (Å²) in [6, 6.07) is 11.6. The highest BCUT2D eigenvalue weighted by Crippen LogP contribution is 2.15. The molecule has 3 nitrogen and oxygen atoms in total. The molecule has 2 N–H and O–H groups in total. The van der Waals surface area contributed by atoms with Crippen LogP contribution in [-0.2, 0) is 6.61 Å². The zero-order valence-electron chi connectivity index (χ0n) is 8.56. The van der Waals surface area contributed by atoms with Gasteiger partial charge >= 0.3 is 0 Å². The molecular formula is C12H11IN2O. The summed E-state index contributed by atoms with van der Waals surface area (Å²) in [7, 11) is 0. The van der Waals surface area contributed by atoms with Crippen molar-refractivity contribution in [1.29, 1.82) is 0 Å². The van der Waals surface area contributed by atoms with Crippen LogP contribution in [0.25, 0.3) is 0 Å². The maximum Gasteiger partial charge on any atom is 0.123 e. The van der Waals surface area contributed by atoms with Crippen molar-refractivity contribution in [2.75, 3.05) is 5.73 Å². The lowest BCUT2D eigenvalue weighted by Gasteiger charge is -2.06. The van der Waals surface area contributed by atoms with Crippen LogP contribution < -0.4 is 10.5 Å². The van der Waals surface area contributed by atoms with Crippen LogP contribution in [0.4, 0.5) is 5.82 Å². The predicted molar refractivity (Wildman–Crippen MR) is 72.1 cm³/mol. The van der Waals surface area contributed by atoms with Crippen molar-refractivity contribution >= 4 is 28.4 Å². The molecule has 0 aliphatic carbocycles. The summed E-state index contributed by atoms with van der Waals surface area (Å²) in [5.41, 5.74) is 6.60. The molecule has 0 saturated heterocycles. The van der Waals surface area contributed by atoms with Gasteiger partial charge in [0.1, 0.15) is 18.2 Å². The van der Waals surface area contributed by atoms with Gasteiger partial charge in [-0.2, -0.15) is 0 Å². The van der Waals surface area contributed by atoms with Gasteiger partial charge in [-0.1, -0.05) is 0 Å². The first-order valence-electron chi connectivity index (χ1n) is 4.83. The molecule has 0 atom stereocenters. The molecule has 82 valence electrons. The van der Waals surface area contributed by atoms with Gasteiger partial charge in [-0.25, -0.2) is 4.98 Å². The maximum absolute atomic E-state index is 5.62. The van der Waals surface area contributed by atoms with Crippen LogP contribution in [0.1, 0.15) is 5.56 Å². The van der Waals surface area contributed by atoms with E-state index in [4.69, 9.17) is 10.5 Å². The molecule has 0 bridgehead atoms. The number of pyridine rings is 1. The minimum Gasteiger partial charge on any atom is -0.489 e. The molecule has 0 fully saturated rings. The first kappa shape index (κ1) is 11.2. The SMILES string of the molecule is Nc1cc(COc2ccc(I)cc2)ccn1. The Labute approximate surface area is 108 Å². The van der Waals surface area contributed by atoms with Crippen LogP contribution in [0.2, 0.25) is 0 Å². The molecule has 0 saturated carbocycles. The molecule has 0 aliphatic rings. The van der Waals surface area contributed by atoms with Crippen LogP contribution in [0.3, 0.4) is 0 Å². The molecule has 1 aromatic carbocycles. The van der Waals surface area contributed by atoms with Crippen molar-refractivity contribution in [2.45, 2.75) is 6.61 Å². The van der Waals surface area contributed by atoms with E-state index in [0.717, 1.165) is 11.3 Å². The summed E-state index contributed by atoms with van der Waals surface area (Å²) in [6.07, 6.45) is 1.68. The highest BCUT2D eigenvalue weighted by Gasteiger charge is 1.97. The van der Waals surface area contributed by atoms with Crippen LogP contribution in [-0.4, -0.2) is 4.98 Å². The van der Waals surface area contributed by atoms with Crippen LogP contribution >= 0.6 is 22.6 Å². The number of hydrogen-bond acceptors (Lipinski definition) is 3. The van der Waals surface area contributed by atoms with Crippen molar-refractivity contribution in [3.63, 3.8) is 0 Å². The molecule has 0 aliphatic heterocycles. The lowest BCUT2D eigenvalue weighted by molar-refractivity contribution is 0.306. The summed E-state index contributed by atoms with van der Waals surface area (Å²) in [5.74, 6) is 1.37. The van der Waals surface area contributed by atoms with Gasteiger partial charge in [0, 0.05) is 9.77 Å². The average Bonchev–Trinajstić information content (AvgIpc) is 2.28. The monoisotopic (exact) mass is 326 g/mol. The quantitative estimate of drug-likeness (QED) is 0.883. The van der Waals surface area contributed by atoms with Gasteiger partial charge in [0.05, 0.1) is 0 Å². The first-order chi connectivity index (χ1) is 7.74. The van der Waals surface area contributed by atoms with Crippen molar-refractivity contribution in [3.05, 3.63) is 51.7 Å². The number of nitrogens with zero attached hydrogens (tertiary/aromatic N) is 1. The van der Waals surface area contributed by atoms with E-state index < -0.39 is 0 Å². The Hall–Kier alpha value is -1.30. The number of rotatable bonds is 3. The summed E-state index contributed by atoms with van der Waals surface area (Å²) in [5, 5.41) is 0. The molecule has 0 amide bonds. The minimum absolute atomic E-state index is 0.507. The van der Waals surface area contributed by atoms with Gasteiger partial charge in [0.15, 0.2) is 0 Å². The summed E-state index contributed by atoms with van der Waals surface area (Å²) < 4.78 is 6.81. The fourth-order valence-corrected chi connectivity index (χ4v) is 1.64. The normalized spacial score (nSPS) is 10.1. The molecule has 4 heteroatoms. The number of benzene rings is 1. The second kappa shape index (κ2) is 5.16. The van der Waals surface area contributed by atoms with E-state index in [-0.39, 0.29) is 0 Å². The Morgan fingerprint density at radius 1 is 1.19 bits per heavy atom. The highest BCUT2D eigenvalue weighted by atomic mass is 127. The van der Waals surface area contributed by atoms with Crippen LogP contribution in [0, 0.1) is 3.57 Å². The summed E-state index contributed by atoms with van der Waals surface area (Å²) >= 11 is 2.26. The topological polar surface area (TPSA) is 48.1 Å². The van der Waals surface area contributed by atoms with Crippen LogP contribution in [0.5, 0.6) is 5.75 Å². The van der Waals surface area contributed by atoms with E-state index in [2.05, 4.69) is 27.6 Å². The van der Waals surface area contributed by atoms with Gasteiger partial charge in [-0.15, -0.1) is 0 Å². The molecule has 2 rings (SSSR count). The Kier molecular flexibility index (Phi) is 3.61. The Bertz CT molecular complexity index is 471. The molecule has 16 heavy (non-hydrogen) atoms. The fourth-order valence-electron chi connectivity index (χ4n) is 1.28. The van der Waals surface area contributed by atoms with Crippen molar-refractivity contribution in [3.8, 4) is 5.75 Å². The third-order valence-corrected chi connectivity index (χ3v) is 2.78. The third-order valence-electron chi connectivity index (χ3n) is 2.06. The van der Waals surface area contributed by atoms with Crippen molar-refractivity contribution in [1.82, 2.24) is 4.98 Å². The first-order valence-corrected chi connectivity index (χ1v) is 5.91. The van der Waals surface area contributed by atoms with E-state index in [0.29, 0.717) is 12.4 Å². The molecule has 0 radical (unpaired) electrons. The summed E-state index contributed by atoms with van der Waals surface area (Å²) in [6.45, 7) is 0.507. The standard InChI is InChI=1S/C12H11IN2O/c13-10-1-3-11(4-2-10)16-8-9-5-6-15-12(14)7-9/h1-7H,8H2,(H2,14,15). The van der Waals surface area contributed by atoms with E-state index in [1.54, 1.807) is 6.20 Å². The molecule has 1 aromatic heterocycles. The smallest absolute Gasteiger partial charge is 0.123 e. The van der Waals surface area contributed by atoms with Gasteiger partial charge < -0.3 is 10.5 Å². The van der Waals surface area contributed by atoms with E-state index in [9.17, 15) is 0 Å².